The van der Waals surface area contributed by atoms with Crippen LogP contribution in [0.1, 0.15) is 6.42 Å². The van der Waals surface area contributed by atoms with E-state index in [1.165, 1.54) is 0 Å². The molecule has 1 fully saturated rings. The Morgan fingerprint density at radius 3 is 2.71 bits per heavy atom. The monoisotopic (exact) mass is 100 g/mol. The summed E-state index contributed by atoms with van der Waals surface area (Å²) in [5.74, 6) is 0. The molecule has 0 aromatic heterocycles. The molecule has 0 bridgehead atoms. The second kappa shape index (κ2) is 1.80. The summed E-state index contributed by atoms with van der Waals surface area (Å²) in [6.07, 6.45) is 0.723. The molecule has 0 aromatic rings. The fourth-order valence-electron chi connectivity index (χ4n) is 0.783. The Morgan fingerprint density at radius 2 is 2.57 bits per heavy atom. The van der Waals surface area contributed by atoms with Crippen molar-refractivity contribution in [1.82, 2.24) is 4.90 Å². The zero-order valence-electron chi connectivity index (χ0n) is 4.46. The van der Waals surface area contributed by atoms with Gasteiger partial charge in [0.1, 0.15) is 0 Å². The minimum absolute atomic E-state index is 0.106. The first-order valence-electron chi connectivity index (χ1n) is 2.50. The lowest BCUT2D eigenvalue weighted by Gasteiger charge is -2.02. The van der Waals surface area contributed by atoms with Crippen LogP contribution in [0.15, 0.2) is 0 Å². The van der Waals surface area contributed by atoms with Crippen LogP contribution in [0, 0.1) is 6.54 Å². The van der Waals surface area contributed by atoms with E-state index in [-0.39, 0.29) is 6.10 Å². The van der Waals surface area contributed by atoms with Gasteiger partial charge in [-0.25, -0.2) is 0 Å². The Kier molecular flexibility index (Phi) is 1.30. The number of rotatable bonds is 0. The SMILES string of the molecule is CN1[CH]C[C@H](O)C1. The van der Waals surface area contributed by atoms with Crippen LogP contribution in [0.3, 0.4) is 0 Å². The van der Waals surface area contributed by atoms with E-state index in [0.717, 1.165) is 13.0 Å². The summed E-state index contributed by atoms with van der Waals surface area (Å²) in [7, 11) is 1.97. The second-order valence-electron chi connectivity index (χ2n) is 2.01. The minimum atomic E-state index is -0.106. The molecule has 1 radical (unpaired) electrons. The Bertz CT molecular complexity index is 57.1. The van der Waals surface area contributed by atoms with Crippen molar-refractivity contribution in [2.45, 2.75) is 12.5 Å². The molecule has 0 aromatic carbocycles. The van der Waals surface area contributed by atoms with Gasteiger partial charge in [0.05, 0.1) is 6.10 Å². The summed E-state index contributed by atoms with van der Waals surface area (Å²) in [6.45, 7) is 2.81. The van der Waals surface area contributed by atoms with Crippen molar-refractivity contribution < 1.29 is 5.11 Å². The molecule has 7 heavy (non-hydrogen) atoms. The number of hydrogen-bond donors (Lipinski definition) is 1. The van der Waals surface area contributed by atoms with Crippen LogP contribution in [0.25, 0.3) is 0 Å². The normalized spacial score (nSPS) is 34.3. The van der Waals surface area contributed by atoms with Gasteiger partial charge in [0.25, 0.3) is 0 Å². The minimum Gasteiger partial charge on any atom is -0.392 e. The number of hydrogen-bond acceptors (Lipinski definition) is 2. The molecule has 1 saturated heterocycles. The van der Waals surface area contributed by atoms with E-state index >= 15 is 0 Å². The first-order valence-corrected chi connectivity index (χ1v) is 2.50. The Hall–Kier alpha value is -0.0800. The number of aliphatic hydroxyl groups excluding tert-OH is 1. The molecule has 41 valence electrons. The first kappa shape index (κ1) is 5.06. The van der Waals surface area contributed by atoms with Gasteiger partial charge in [-0.15, -0.1) is 0 Å². The lowest BCUT2D eigenvalue weighted by atomic mass is 10.3. The molecule has 0 spiro atoms. The topological polar surface area (TPSA) is 23.5 Å². The van der Waals surface area contributed by atoms with E-state index in [1.807, 2.05) is 18.5 Å². The molecule has 1 aliphatic heterocycles. The molecule has 2 nitrogen and oxygen atoms in total. The lowest BCUT2D eigenvalue weighted by Crippen LogP contribution is -2.14. The summed E-state index contributed by atoms with van der Waals surface area (Å²) < 4.78 is 0. The van der Waals surface area contributed by atoms with Crippen molar-refractivity contribution >= 4 is 0 Å². The molecule has 1 atom stereocenters. The molecular weight excluding hydrogens is 90.1 g/mol. The van der Waals surface area contributed by atoms with Crippen LogP contribution in [0.5, 0.6) is 0 Å². The molecular formula is C5H10NO. The fraction of sp³-hybridized carbons (Fsp3) is 0.800. The zero-order valence-corrected chi connectivity index (χ0v) is 4.46. The average Bonchev–Trinajstić information content (AvgIpc) is 1.87. The van der Waals surface area contributed by atoms with E-state index in [4.69, 9.17) is 5.11 Å². The maximum atomic E-state index is 8.83. The largest absolute Gasteiger partial charge is 0.392 e. The number of likely N-dealkylation sites (N-methyl/N-ethyl adjacent to an activating group) is 1. The molecule has 1 N–H and O–H groups in total. The smallest absolute Gasteiger partial charge is 0.0682 e. The van der Waals surface area contributed by atoms with Crippen molar-refractivity contribution in [3.8, 4) is 0 Å². The molecule has 1 rings (SSSR count). The van der Waals surface area contributed by atoms with E-state index in [2.05, 4.69) is 0 Å². The van der Waals surface area contributed by atoms with Crippen molar-refractivity contribution in [3.05, 3.63) is 6.54 Å². The Balaban J connectivity index is 2.26. The fourth-order valence-corrected chi connectivity index (χ4v) is 0.783. The molecule has 0 unspecified atom stereocenters. The highest BCUT2D eigenvalue weighted by atomic mass is 16.3. The van der Waals surface area contributed by atoms with Crippen molar-refractivity contribution in [2.75, 3.05) is 13.6 Å². The van der Waals surface area contributed by atoms with Crippen molar-refractivity contribution in [1.29, 1.82) is 0 Å². The molecule has 2 heteroatoms. The van der Waals surface area contributed by atoms with Crippen molar-refractivity contribution in [2.24, 2.45) is 0 Å². The van der Waals surface area contributed by atoms with Crippen LogP contribution in [0.4, 0.5) is 0 Å². The van der Waals surface area contributed by atoms with Gasteiger partial charge in [0.15, 0.2) is 0 Å². The molecule has 0 amide bonds. The quantitative estimate of drug-likeness (QED) is 0.457. The van der Waals surface area contributed by atoms with E-state index in [0.29, 0.717) is 0 Å². The van der Waals surface area contributed by atoms with Crippen molar-refractivity contribution in [3.63, 3.8) is 0 Å². The van der Waals surface area contributed by atoms with Gasteiger partial charge in [-0.1, -0.05) is 0 Å². The lowest BCUT2D eigenvalue weighted by molar-refractivity contribution is 0.183. The first-order chi connectivity index (χ1) is 3.29. The Morgan fingerprint density at radius 1 is 1.86 bits per heavy atom. The maximum absolute atomic E-state index is 8.83. The third-order valence-corrected chi connectivity index (χ3v) is 1.19. The third kappa shape index (κ3) is 1.14. The van der Waals surface area contributed by atoms with Gasteiger partial charge in [0.2, 0.25) is 0 Å². The summed E-state index contributed by atoms with van der Waals surface area (Å²) in [4.78, 5) is 2.00. The van der Waals surface area contributed by atoms with Crippen LogP contribution < -0.4 is 0 Å². The van der Waals surface area contributed by atoms with Crippen LogP contribution in [0.2, 0.25) is 0 Å². The van der Waals surface area contributed by atoms with Gasteiger partial charge in [-0.3, -0.25) is 4.90 Å². The predicted octanol–water partition coefficient (Wildman–Crippen LogP) is -0.155. The van der Waals surface area contributed by atoms with Crippen LogP contribution in [-0.4, -0.2) is 29.7 Å². The van der Waals surface area contributed by atoms with Gasteiger partial charge in [0, 0.05) is 13.1 Å². The van der Waals surface area contributed by atoms with Gasteiger partial charge in [-0.2, -0.15) is 0 Å². The number of nitrogens with zero attached hydrogens (tertiary/aromatic N) is 1. The van der Waals surface area contributed by atoms with Gasteiger partial charge >= 0.3 is 0 Å². The predicted molar refractivity (Wildman–Crippen MR) is 27.6 cm³/mol. The number of β-amino-alcohol motifs (C(OH)–C–C–N with tert-alkyl or cyclic N) is 1. The molecule has 0 aliphatic carbocycles. The summed E-state index contributed by atoms with van der Waals surface area (Å²) in [5.41, 5.74) is 0. The van der Waals surface area contributed by atoms with E-state index in [9.17, 15) is 0 Å². The highest BCUT2D eigenvalue weighted by Gasteiger charge is 2.15. The number of aliphatic hydroxyl groups is 1. The molecule has 1 heterocycles. The Labute approximate surface area is 43.7 Å². The van der Waals surface area contributed by atoms with E-state index < -0.39 is 0 Å². The molecule has 0 saturated carbocycles. The van der Waals surface area contributed by atoms with Gasteiger partial charge < -0.3 is 5.11 Å². The average molecular weight is 100 g/mol. The van der Waals surface area contributed by atoms with Gasteiger partial charge in [-0.05, 0) is 13.5 Å². The highest BCUT2D eigenvalue weighted by Crippen LogP contribution is 2.08. The standard InChI is InChI=1S/C5H10NO/c1-6-3-2-5(7)4-6/h3,5,7H,2,4H2,1H3/t5-/m0/s1. The number of likely N-dealkylation sites (tertiary alicyclic amines) is 1. The second-order valence-corrected chi connectivity index (χ2v) is 2.01. The van der Waals surface area contributed by atoms with Crippen LogP contribution in [-0.2, 0) is 0 Å². The van der Waals surface area contributed by atoms with E-state index in [1.54, 1.807) is 0 Å². The molecule has 1 aliphatic rings. The summed E-state index contributed by atoms with van der Waals surface area (Å²) in [5, 5.41) is 8.83. The zero-order chi connectivity index (χ0) is 5.28. The van der Waals surface area contributed by atoms with Crippen LogP contribution >= 0.6 is 0 Å². The third-order valence-electron chi connectivity index (χ3n) is 1.19. The maximum Gasteiger partial charge on any atom is 0.0682 e. The summed E-state index contributed by atoms with van der Waals surface area (Å²) >= 11 is 0. The highest BCUT2D eigenvalue weighted by molar-refractivity contribution is 4.80. The summed E-state index contributed by atoms with van der Waals surface area (Å²) in [6, 6.07) is 0.